The zero-order valence-electron chi connectivity index (χ0n) is 9.34. The van der Waals surface area contributed by atoms with Gasteiger partial charge in [-0.25, -0.2) is 13.1 Å². The Morgan fingerprint density at radius 2 is 1.86 bits per heavy atom. The van der Waals surface area contributed by atoms with Crippen molar-refractivity contribution in [1.29, 1.82) is 0 Å². The van der Waals surface area contributed by atoms with Gasteiger partial charge in [0.05, 0.1) is 5.75 Å². The van der Waals surface area contributed by atoms with E-state index in [1.54, 1.807) is 6.92 Å². The van der Waals surface area contributed by atoms with Crippen molar-refractivity contribution in [3.8, 4) is 0 Å². The van der Waals surface area contributed by atoms with Gasteiger partial charge in [0.1, 0.15) is 0 Å². The van der Waals surface area contributed by atoms with Gasteiger partial charge in [-0.2, -0.15) is 0 Å². The molecule has 0 bridgehead atoms. The highest BCUT2D eigenvalue weighted by atomic mass is 32.2. The highest BCUT2D eigenvalue weighted by molar-refractivity contribution is 7.89. The molecule has 0 saturated carbocycles. The van der Waals surface area contributed by atoms with Gasteiger partial charge in [0.25, 0.3) is 0 Å². The Morgan fingerprint density at radius 1 is 1.21 bits per heavy atom. The molecule has 0 aromatic heterocycles. The van der Waals surface area contributed by atoms with Gasteiger partial charge < -0.3 is 5.32 Å². The molecule has 2 N–H and O–H groups in total. The molecule has 4 nitrogen and oxygen atoms in total. The standard InChI is InChI=1S/C9H22N2O2S/c1-4-11-14(12,13)8-7-10-6-5-9(2)3/h9-11H,4-8H2,1-3H3. The first-order valence-corrected chi connectivity index (χ1v) is 6.81. The van der Waals surface area contributed by atoms with Crippen molar-refractivity contribution < 1.29 is 8.42 Å². The van der Waals surface area contributed by atoms with Gasteiger partial charge in [0, 0.05) is 13.1 Å². The lowest BCUT2D eigenvalue weighted by atomic mass is 10.1. The third-order valence-corrected chi connectivity index (χ3v) is 3.28. The van der Waals surface area contributed by atoms with Gasteiger partial charge in [-0.05, 0) is 18.9 Å². The summed E-state index contributed by atoms with van der Waals surface area (Å²) in [7, 11) is -3.04. The summed E-state index contributed by atoms with van der Waals surface area (Å²) in [5.74, 6) is 0.826. The zero-order valence-corrected chi connectivity index (χ0v) is 10.2. The van der Waals surface area contributed by atoms with E-state index < -0.39 is 10.0 Å². The van der Waals surface area contributed by atoms with Crippen molar-refractivity contribution in [2.45, 2.75) is 27.2 Å². The summed E-state index contributed by atoms with van der Waals surface area (Å²) in [6, 6.07) is 0. The quantitative estimate of drug-likeness (QED) is 0.590. The smallest absolute Gasteiger partial charge is 0.212 e. The zero-order chi connectivity index (χ0) is 11.0. The molecular formula is C9H22N2O2S. The highest BCUT2D eigenvalue weighted by Gasteiger charge is 2.06. The van der Waals surface area contributed by atoms with Crippen LogP contribution in [0.3, 0.4) is 0 Å². The summed E-state index contributed by atoms with van der Waals surface area (Å²) < 4.78 is 24.8. The molecule has 0 radical (unpaired) electrons. The van der Waals surface area contributed by atoms with Crippen molar-refractivity contribution in [1.82, 2.24) is 10.0 Å². The number of hydrogen-bond donors (Lipinski definition) is 2. The van der Waals surface area contributed by atoms with Crippen LogP contribution in [0.25, 0.3) is 0 Å². The minimum Gasteiger partial charge on any atom is -0.316 e. The van der Waals surface area contributed by atoms with Crippen molar-refractivity contribution >= 4 is 10.0 Å². The summed E-state index contributed by atoms with van der Waals surface area (Å²) in [6.45, 7) is 7.97. The van der Waals surface area contributed by atoms with Gasteiger partial charge in [-0.15, -0.1) is 0 Å². The minimum atomic E-state index is -3.04. The summed E-state index contributed by atoms with van der Waals surface area (Å²) in [5, 5.41) is 3.11. The Balaban J connectivity index is 3.45. The summed E-state index contributed by atoms with van der Waals surface area (Å²) >= 11 is 0. The molecule has 86 valence electrons. The van der Waals surface area contributed by atoms with Gasteiger partial charge in [0.15, 0.2) is 0 Å². The van der Waals surface area contributed by atoms with E-state index in [-0.39, 0.29) is 5.75 Å². The molecule has 0 amide bonds. The molecule has 14 heavy (non-hydrogen) atoms. The molecule has 0 saturated heterocycles. The fourth-order valence-corrected chi connectivity index (χ4v) is 2.01. The van der Waals surface area contributed by atoms with Gasteiger partial charge >= 0.3 is 0 Å². The Kier molecular flexibility index (Phi) is 7.13. The molecule has 0 unspecified atom stereocenters. The van der Waals surface area contributed by atoms with Gasteiger partial charge in [-0.3, -0.25) is 0 Å². The maximum atomic E-state index is 11.2. The van der Waals surface area contributed by atoms with E-state index in [1.807, 2.05) is 0 Å². The van der Waals surface area contributed by atoms with Crippen LogP contribution in [0, 0.1) is 5.92 Å². The molecule has 0 fully saturated rings. The lowest BCUT2D eigenvalue weighted by Gasteiger charge is -2.07. The third-order valence-electron chi connectivity index (χ3n) is 1.81. The monoisotopic (exact) mass is 222 g/mol. The average molecular weight is 222 g/mol. The molecule has 5 heteroatoms. The van der Waals surface area contributed by atoms with E-state index in [0.29, 0.717) is 19.0 Å². The molecule has 0 atom stereocenters. The molecule has 0 aromatic rings. The highest BCUT2D eigenvalue weighted by Crippen LogP contribution is 1.95. The van der Waals surface area contributed by atoms with Crippen LogP contribution in [0.5, 0.6) is 0 Å². The first kappa shape index (κ1) is 13.9. The maximum Gasteiger partial charge on any atom is 0.212 e. The molecule has 0 spiro atoms. The predicted molar refractivity (Wildman–Crippen MR) is 59.8 cm³/mol. The van der Waals surface area contributed by atoms with E-state index >= 15 is 0 Å². The van der Waals surface area contributed by atoms with E-state index in [9.17, 15) is 8.42 Å². The van der Waals surface area contributed by atoms with Crippen LogP contribution in [-0.2, 0) is 10.0 Å². The fourth-order valence-electron chi connectivity index (χ4n) is 1.01. The molecule has 0 heterocycles. The van der Waals surface area contributed by atoms with Crippen LogP contribution < -0.4 is 10.0 Å². The van der Waals surface area contributed by atoms with Gasteiger partial charge in [0.2, 0.25) is 10.0 Å². The van der Waals surface area contributed by atoms with Crippen LogP contribution in [0.2, 0.25) is 0 Å². The van der Waals surface area contributed by atoms with Crippen LogP contribution in [0.4, 0.5) is 0 Å². The normalized spacial score (nSPS) is 12.3. The van der Waals surface area contributed by atoms with Crippen LogP contribution >= 0.6 is 0 Å². The predicted octanol–water partition coefficient (Wildman–Crippen LogP) is 0.561. The second-order valence-electron chi connectivity index (χ2n) is 3.75. The fraction of sp³-hybridized carbons (Fsp3) is 1.00. The third kappa shape index (κ3) is 8.47. The number of nitrogens with one attached hydrogen (secondary N) is 2. The maximum absolute atomic E-state index is 11.2. The summed E-state index contributed by atoms with van der Waals surface area (Å²) in [4.78, 5) is 0. The largest absolute Gasteiger partial charge is 0.316 e. The first-order valence-electron chi connectivity index (χ1n) is 5.16. The Labute approximate surface area is 87.5 Å². The second-order valence-corrected chi connectivity index (χ2v) is 5.68. The van der Waals surface area contributed by atoms with Crippen molar-refractivity contribution in [2.24, 2.45) is 5.92 Å². The van der Waals surface area contributed by atoms with E-state index in [4.69, 9.17) is 0 Å². The van der Waals surface area contributed by atoms with Gasteiger partial charge in [-0.1, -0.05) is 20.8 Å². The number of hydrogen-bond acceptors (Lipinski definition) is 3. The van der Waals surface area contributed by atoms with Crippen LogP contribution in [0.15, 0.2) is 0 Å². The second kappa shape index (κ2) is 7.20. The molecule has 0 rings (SSSR count). The van der Waals surface area contributed by atoms with E-state index in [1.165, 1.54) is 0 Å². The van der Waals surface area contributed by atoms with Crippen LogP contribution in [0.1, 0.15) is 27.2 Å². The SMILES string of the molecule is CCNS(=O)(=O)CCNCCC(C)C. The first-order chi connectivity index (χ1) is 6.48. The molecule has 0 aromatic carbocycles. The number of rotatable bonds is 8. The van der Waals surface area contributed by atoms with Crippen molar-refractivity contribution in [2.75, 3.05) is 25.4 Å². The molecular weight excluding hydrogens is 200 g/mol. The Hall–Kier alpha value is -0.130. The van der Waals surface area contributed by atoms with Crippen molar-refractivity contribution in [3.05, 3.63) is 0 Å². The lowest BCUT2D eigenvalue weighted by Crippen LogP contribution is -2.32. The lowest BCUT2D eigenvalue weighted by molar-refractivity contribution is 0.541. The summed E-state index contributed by atoms with van der Waals surface area (Å²) in [5.41, 5.74) is 0. The van der Waals surface area contributed by atoms with Crippen molar-refractivity contribution in [3.63, 3.8) is 0 Å². The Bertz CT molecular complexity index is 225. The van der Waals surface area contributed by atoms with E-state index in [2.05, 4.69) is 23.9 Å². The molecule has 0 aliphatic rings. The summed E-state index contributed by atoms with van der Waals surface area (Å²) in [6.07, 6.45) is 1.08. The average Bonchev–Trinajstić information content (AvgIpc) is 2.02. The Morgan fingerprint density at radius 3 is 2.36 bits per heavy atom. The van der Waals surface area contributed by atoms with Crippen LogP contribution in [-0.4, -0.2) is 33.8 Å². The molecule has 0 aliphatic carbocycles. The molecule has 0 aliphatic heterocycles. The topological polar surface area (TPSA) is 58.2 Å². The number of sulfonamides is 1. The van der Waals surface area contributed by atoms with E-state index in [0.717, 1.165) is 13.0 Å². The minimum absolute atomic E-state index is 0.166.